The van der Waals surface area contributed by atoms with Crippen molar-refractivity contribution in [2.24, 2.45) is 11.7 Å². The van der Waals surface area contributed by atoms with Crippen LogP contribution in [0.1, 0.15) is 19.4 Å². The first-order valence-electron chi connectivity index (χ1n) is 7.37. The van der Waals surface area contributed by atoms with E-state index >= 15 is 0 Å². The number of aryl methyl sites for hydroxylation is 1. The van der Waals surface area contributed by atoms with Crippen LogP contribution in [0.3, 0.4) is 0 Å². The van der Waals surface area contributed by atoms with E-state index in [1.807, 2.05) is 0 Å². The Morgan fingerprint density at radius 2 is 1.84 bits per heavy atom. The molecule has 0 spiro atoms. The Morgan fingerprint density at radius 3 is 2.37 bits per heavy atom. The minimum Gasteiger partial charge on any atom is -0.369 e. The highest BCUT2D eigenvalue weighted by molar-refractivity contribution is 5.48. The van der Waals surface area contributed by atoms with Crippen LogP contribution in [0.2, 0.25) is 0 Å². The largest absolute Gasteiger partial charge is 0.369 e. The summed E-state index contributed by atoms with van der Waals surface area (Å²) in [7, 11) is 0. The van der Waals surface area contributed by atoms with Crippen molar-refractivity contribution in [3.8, 4) is 0 Å². The average molecular weight is 261 g/mol. The molecule has 1 aromatic rings. The number of hydrogen-bond acceptors (Lipinski definition) is 3. The number of hydrogen-bond donors (Lipinski definition) is 1. The summed E-state index contributed by atoms with van der Waals surface area (Å²) in [5.41, 5.74) is 8.61. The van der Waals surface area contributed by atoms with Gasteiger partial charge >= 0.3 is 0 Å². The van der Waals surface area contributed by atoms with Crippen LogP contribution in [0.25, 0.3) is 0 Å². The second kappa shape index (κ2) is 6.40. The van der Waals surface area contributed by atoms with Crippen molar-refractivity contribution in [1.29, 1.82) is 0 Å². The van der Waals surface area contributed by atoms with Crippen LogP contribution in [-0.2, 0) is 0 Å². The predicted octanol–water partition coefficient (Wildman–Crippen LogP) is 2.10. The molecule has 1 heterocycles. The second-order valence-corrected chi connectivity index (χ2v) is 5.91. The van der Waals surface area contributed by atoms with Crippen molar-refractivity contribution in [2.75, 3.05) is 37.6 Å². The molecular weight excluding hydrogens is 234 g/mol. The van der Waals surface area contributed by atoms with Crippen LogP contribution < -0.4 is 10.6 Å². The van der Waals surface area contributed by atoms with Crippen molar-refractivity contribution in [3.05, 3.63) is 29.8 Å². The molecule has 1 atom stereocenters. The lowest BCUT2D eigenvalue weighted by atomic mass is 10.0. The van der Waals surface area contributed by atoms with Crippen molar-refractivity contribution in [2.45, 2.75) is 26.8 Å². The van der Waals surface area contributed by atoms with E-state index in [9.17, 15) is 0 Å². The van der Waals surface area contributed by atoms with E-state index in [4.69, 9.17) is 5.73 Å². The molecule has 0 aromatic heterocycles. The van der Waals surface area contributed by atoms with Crippen molar-refractivity contribution < 1.29 is 0 Å². The molecule has 1 fully saturated rings. The molecule has 1 unspecified atom stereocenters. The molecule has 0 aliphatic carbocycles. The monoisotopic (exact) mass is 261 g/mol. The van der Waals surface area contributed by atoms with Gasteiger partial charge in [0.25, 0.3) is 0 Å². The van der Waals surface area contributed by atoms with E-state index in [1.165, 1.54) is 11.3 Å². The number of piperazine rings is 1. The third-order valence-corrected chi connectivity index (χ3v) is 4.16. The quantitative estimate of drug-likeness (QED) is 0.901. The van der Waals surface area contributed by atoms with Gasteiger partial charge in [-0.2, -0.15) is 0 Å². The molecule has 1 saturated heterocycles. The van der Waals surface area contributed by atoms with Crippen molar-refractivity contribution in [1.82, 2.24) is 4.90 Å². The highest BCUT2D eigenvalue weighted by atomic mass is 15.3. The van der Waals surface area contributed by atoms with Crippen molar-refractivity contribution in [3.63, 3.8) is 0 Å². The van der Waals surface area contributed by atoms with Gasteiger partial charge in [0.2, 0.25) is 0 Å². The number of anilines is 1. The molecule has 19 heavy (non-hydrogen) atoms. The topological polar surface area (TPSA) is 32.5 Å². The Hall–Kier alpha value is -1.06. The molecule has 0 radical (unpaired) electrons. The summed E-state index contributed by atoms with van der Waals surface area (Å²) in [6.45, 7) is 11.9. The Morgan fingerprint density at radius 1 is 1.16 bits per heavy atom. The molecule has 1 aliphatic heterocycles. The van der Waals surface area contributed by atoms with Gasteiger partial charge in [-0.1, -0.05) is 26.0 Å². The fourth-order valence-electron chi connectivity index (χ4n) is 2.98. The van der Waals surface area contributed by atoms with E-state index in [0.717, 1.165) is 32.7 Å². The summed E-state index contributed by atoms with van der Waals surface area (Å²) in [6.07, 6.45) is 0. The van der Waals surface area contributed by atoms with Crippen LogP contribution in [0.15, 0.2) is 24.3 Å². The molecule has 0 bridgehead atoms. The molecule has 3 nitrogen and oxygen atoms in total. The summed E-state index contributed by atoms with van der Waals surface area (Å²) in [4.78, 5) is 5.04. The van der Waals surface area contributed by atoms with Gasteiger partial charge in [-0.15, -0.1) is 0 Å². The fraction of sp³-hybridized carbons (Fsp3) is 0.625. The van der Waals surface area contributed by atoms with Gasteiger partial charge in [-0.25, -0.2) is 0 Å². The summed E-state index contributed by atoms with van der Waals surface area (Å²) in [5.74, 6) is 0.635. The Balaban J connectivity index is 1.95. The minimum atomic E-state index is 0.527. The molecule has 106 valence electrons. The highest BCUT2D eigenvalue weighted by Gasteiger charge is 2.24. The maximum atomic E-state index is 5.91. The van der Waals surface area contributed by atoms with Gasteiger partial charge in [0.1, 0.15) is 0 Å². The van der Waals surface area contributed by atoms with E-state index in [-0.39, 0.29) is 0 Å². The van der Waals surface area contributed by atoms with Crippen molar-refractivity contribution >= 4 is 5.69 Å². The second-order valence-electron chi connectivity index (χ2n) is 5.91. The Bertz CT molecular complexity index is 395. The summed E-state index contributed by atoms with van der Waals surface area (Å²) in [6, 6.07) is 9.32. The zero-order valence-electron chi connectivity index (χ0n) is 12.5. The van der Waals surface area contributed by atoms with Crippen LogP contribution in [-0.4, -0.2) is 43.7 Å². The van der Waals surface area contributed by atoms with Crippen LogP contribution in [0, 0.1) is 12.8 Å². The molecule has 2 rings (SSSR count). The number of rotatable bonds is 4. The van der Waals surface area contributed by atoms with Crippen LogP contribution in [0.4, 0.5) is 5.69 Å². The van der Waals surface area contributed by atoms with E-state index in [0.29, 0.717) is 12.0 Å². The molecule has 3 heteroatoms. The average Bonchev–Trinajstić information content (AvgIpc) is 2.40. The van der Waals surface area contributed by atoms with Gasteiger partial charge in [0.15, 0.2) is 0 Å². The normalized spacial score (nSPS) is 18.9. The number of nitrogens with two attached hydrogens (primary N) is 1. The van der Waals surface area contributed by atoms with Gasteiger partial charge in [-0.05, 0) is 30.5 Å². The van der Waals surface area contributed by atoms with Gasteiger partial charge in [0.05, 0.1) is 0 Å². The Kier molecular flexibility index (Phi) is 4.83. The predicted molar refractivity (Wildman–Crippen MR) is 82.6 cm³/mol. The first kappa shape index (κ1) is 14.4. The first-order chi connectivity index (χ1) is 9.11. The molecule has 2 N–H and O–H groups in total. The van der Waals surface area contributed by atoms with Crippen LogP contribution >= 0.6 is 0 Å². The van der Waals surface area contributed by atoms with E-state index in [1.54, 1.807) is 0 Å². The maximum absolute atomic E-state index is 5.91. The SMILES string of the molecule is Cc1cccc(N2CCN(C(CN)C(C)C)CC2)c1. The molecule has 0 amide bonds. The minimum absolute atomic E-state index is 0.527. The lowest BCUT2D eigenvalue weighted by Gasteiger charge is -2.41. The summed E-state index contributed by atoms with van der Waals surface area (Å²) >= 11 is 0. The molecule has 0 saturated carbocycles. The lowest BCUT2D eigenvalue weighted by molar-refractivity contribution is 0.151. The summed E-state index contributed by atoms with van der Waals surface area (Å²) in [5, 5.41) is 0. The smallest absolute Gasteiger partial charge is 0.0369 e. The lowest BCUT2D eigenvalue weighted by Crippen LogP contribution is -2.54. The highest BCUT2D eigenvalue weighted by Crippen LogP contribution is 2.19. The van der Waals surface area contributed by atoms with Gasteiger partial charge < -0.3 is 10.6 Å². The fourth-order valence-corrected chi connectivity index (χ4v) is 2.98. The zero-order valence-corrected chi connectivity index (χ0v) is 12.5. The van der Waals surface area contributed by atoms with E-state index in [2.05, 4.69) is 54.8 Å². The standard InChI is InChI=1S/C16H27N3/c1-13(2)16(12-17)19-9-7-18(8-10-19)15-6-4-5-14(3)11-15/h4-6,11,13,16H,7-10,12,17H2,1-3H3. The van der Waals surface area contributed by atoms with Crippen LogP contribution in [0.5, 0.6) is 0 Å². The molecule has 1 aromatic carbocycles. The molecule has 1 aliphatic rings. The third-order valence-electron chi connectivity index (χ3n) is 4.16. The zero-order chi connectivity index (χ0) is 13.8. The third kappa shape index (κ3) is 3.48. The van der Waals surface area contributed by atoms with Gasteiger partial charge in [0, 0.05) is 44.5 Å². The number of benzene rings is 1. The number of nitrogens with zero attached hydrogens (tertiary/aromatic N) is 2. The van der Waals surface area contributed by atoms with Gasteiger partial charge in [-0.3, -0.25) is 4.90 Å². The first-order valence-corrected chi connectivity index (χ1v) is 7.37. The molecular formula is C16H27N3. The van der Waals surface area contributed by atoms with E-state index < -0.39 is 0 Å². The Labute approximate surface area is 117 Å². The summed E-state index contributed by atoms with van der Waals surface area (Å²) < 4.78 is 0. The maximum Gasteiger partial charge on any atom is 0.0369 e.